The van der Waals surface area contributed by atoms with E-state index in [0.717, 1.165) is 23.5 Å². The van der Waals surface area contributed by atoms with E-state index >= 15 is 0 Å². The van der Waals surface area contributed by atoms with E-state index in [-0.39, 0.29) is 12.2 Å². The van der Waals surface area contributed by atoms with Gasteiger partial charge in [-0.05, 0) is 69.6 Å². The van der Waals surface area contributed by atoms with Crippen LogP contribution in [0.25, 0.3) is 10.9 Å². The number of aromatic nitrogens is 1. The summed E-state index contributed by atoms with van der Waals surface area (Å²) in [5, 5.41) is 0.867. The van der Waals surface area contributed by atoms with E-state index in [2.05, 4.69) is 4.98 Å². The van der Waals surface area contributed by atoms with Gasteiger partial charge in [-0.15, -0.1) is 0 Å². The minimum absolute atomic E-state index is 0.0536. The van der Waals surface area contributed by atoms with Crippen LogP contribution in [-0.2, 0) is 0 Å². The zero-order valence-corrected chi connectivity index (χ0v) is 14.7. The molecule has 2 aliphatic rings. The number of nitrogens with two attached hydrogens (primary N) is 1. The fourth-order valence-electron chi connectivity index (χ4n) is 4.29. The number of nitrogens with zero attached hydrogens (tertiary/aromatic N) is 1. The van der Waals surface area contributed by atoms with Crippen molar-refractivity contribution in [3.8, 4) is 11.5 Å². The maximum atomic E-state index is 11.8. The molecule has 1 amide bonds. The maximum absolute atomic E-state index is 11.8. The molecule has 2 bridgehead atoms. The molecule has 1 heterocycles. The highest BCUT2D eigenvalue weighted by atomic mass is 16.5. The minimum Gasteiger partial charge on any atom is -0.490 e. The second-order valence-corrected chi connectivity index (χ2v) is 7.54. The van der Waals surface area contributed by atoms with Crippen molar-refractivity contribution < 1.29 is 14.3 Å². The first kappa shape index (κ1) is 16.2. The van der Waals surface area contributed by atoms with Gasteiger partial charge in [-0.3, -0.25) is 9.78 Å². The normalized spacial score (nSPS) is 24.8. The third kappa shape index (κ3) is 3.03. The summed E-state index contributed by atoms with van der Waals surface area (Å²) >= 11 is 0. The molecule has 5 nitrogen and oxygen atoms in total. The zero-order valence-electron chi connectivity index (χ0n) is 14.7. The molecule has 2 aromatic rings. The molecule has 2 unspecified atom stereocenters. The summed E-state index contributed by atoms with van der Waals surface area (Å²) in [6, 6.07) is 5.44. The molecule has 2 saturated carbocycles. The molecule has 2 fully saturated rings. The van der Waals surface area contributed by atoms with Crippen LogP contribution in [0.4, 0.5) is 0 Å². The summed E-state index contributed by atoms with van der Waals surface area (Å²) in [7, 11) is 0. The number of benzene rings is 1. The Morgan fingerprint density at radius 1 is 1.24 bits per heavy atom. The Labute approximate surface area is 147 Å². The SMILES string of the molecule is CC(C)Oc1cc2c(O[C@@H]3CC4CCC3C4)ccnc2cc1C(N)=O. The first-order valence-electron chi connectivity index (χ1n) is 9.07. The number of fused-ring (bicyclic) bond motifs is 3. The number of primary amides is 1. The molecule has 0 spiro atoms. The average Bonchev–Trinajstić information content (AvgIpc) is 3.17. The summed E-state index contributed by atoms with van der Waals surface area (Å²) in [4.78, 5) is 16.2. The standard InChI is InChI=1S/C20H24N2O3/c1-11(2)24-19-10-14-16(9-15(19)20(21)23)22-6-5-17(14)25-18-8-12-3-4-13(18)7-12/h5-6,9-13,18H,3-4,7-8H2,1-2H3,(H2,21,23)/t12?,13?,18-/m1/s1. The zero-order chi connectivity index (χ0) is 17.6. The molecule has 0 aliphatic heterocycles. The summed E-state index contributed by atoms with van der Waals surface area (Å²) in [6.07, 6.45) is 7.00. The van der Waals surface area contributed by atoms with Crippen LogP contribution < -0.4 is 15.2 Å². The van der Waals surface area contributed by atoms with Gasteiger partial charge in [0.15, 0.2) is 0 Å². The van der Waals surface area contributed by atoms with Crippen LogP contribution in [0.1, 0.15) is 49.9 Å². The van der Waals surface area contributed by atoms with Crippen molar-refractivity contribution in [2.24, 2.45) is 17.6 Å². The van der Waals surface area contributed by atoms with Crippen molar-refractivity contribution in [3.05, 3.63) is 30.0 Å². The van der Waals surface area contributed by atoms with Gasteiger partial charge in [-0.1, -0.05) is 0 Å². The van der Waals surface area contributed by atoms with Gasteiger partial charge in [0.1, 0.15) is 17.6 Å². The highest BCUT2D eigenvalue weighted by molar-refractivity contribution is 6.01. The lowest BCUT2D eigenvalue weighted by molar-refractivity contribution is 0.0994. The molecule has 0 saturated heterocycles. The smallest absolute Gasteiger partial charge is 0.252 e. The number of carbonyl (C=O) groups excluding carboxylic acids is 1. The first-order valence-corrected chi connectivity index (χ1v) is 9.07. The van der Waals surface area contributed by atoms with E-state index in [1.54, 1.807) is 12.3 Å². The van der Waals surface area contributed by atoms with Gasteiger partial charge in [0.05, 0.1) is 17.2 Å². The number of carbonyl (C=O) groups is 1. The molecule has 1 aromatic carbocycles. The lowest BCUT2D eigenvalue weighted by Crippen LogP contribution is -2.23. The third-order valence-electron chi connectivity index (χ3n) is 5.38. The van der Waals surface area contributed by atoms with Crippen molar-refractivity contribution in [3.63, 3.8) is 0 Å². The van der Waals surface area contributed by atoms with Crippen molar-refractivity contribution in [1.29, 1.82) is 0 Å². The number of rotatable bonds is 5. The molecule has 2 aliphatic carbocycles. The Hall–Kier alpha value is -2.30. The van der Waals surface area contributed by atoms with Crippen LogP contribution in [-0.4, -0.2) is 23.1 Å². The summed E-state index contributed by atoms with van der Waals surface area (Å²) in [6.45, 7) is 3.84. The minimum atomic E-state index is -0.515. The summed E-state index contributed by atoms with van der Waals surface area (Å²) in [5.41, 5.74) is 6.57. The Bertz CT molecular complexity index is 818. The van der Waals surface area contributed by atoms with E-state index in [4.69, 9.17) is 15.2 Å². The van der Waals surface area contributed by atoms with Gasteiger partial charge < -0.3 is 15.2 Å². The van der Waals surface area contributed by atoms with Gasteiger partial charge in [0, 0.05) is 11.6 Å². The van der Waals surface area contributed by atoms with Crippen LogP contribution in [0, 0.1) is 11.8 Å². The molecule has 132 valence electrons. The summed E-state index contributed by atoms with van der Waals surface area (Å²) in [5.74, 6) is 2.28. The van der Waals surface area contributed by atoms with Gasteiger partial charge in [0.2, 0.25) is 0 Å². The predicted octanol–water partition coefficient (Wildman–Crippen LogP) is 3.69. The van der Waals surface area contributed by atoms with E-state index in [0.29, 0.717) is 22.7 Å². The van der Waals surface area contributed by atoms with E-state index in [9.17, 15) is 4.79 Å². The van der Waals surface area contributed by atoms with Gasteiger partial charge >= 0.3 is 0 Å². The van der Waals surface area contributed by atoms with Crippen molar-refractivity contribution in [2.75, 3.05) is 0 Å². The van der Waals surface area contributed by atoms with E-state index < -0.39 is 5.91 Å². The fraction of sp³-hybridized carbons (Fsp3) is 0.500. The highest BCUT2D eigenvalue weighted by Gasteiger charge is 2.41. The third-order valence-corrected chi connectivity index (χ3v) is 5.38. The Kier molecular flexibility index (Phi) is 4.02. The number of pyridine rings is 1. The van der Waals surface area contributed by atoms with Crippen molar-refractivity contribution in [2.45, 2.75) is 51.7 Å². The van der Waals surface area contributed by atoms with E-state index in [1.807, 2.05) is 26.0 Å². The molecule has 4 rings (SSSR count). The molecular formula is C20H24N2O3. The number of hydrogen-bond acceptors (Lipinski definition) is 4. The molecule has 0 radical (unpaired) electrons. The highest BCUT2D eigenvalue weighted by Crippen LogP contribution is 2.46. The Morgan fingerprint density at radius 2 is 2.08 bits per heavy atom. The Morgan fingerprint density at radius 3 is 2.72 bits per heavy atom. The van der Waals surface area contributed by atoms with Crippen molar-refractivity contribution >= 4 is 16.8 Å². The second kappa shape index (κ2) is 6.21. The quantitative estimate of drug-likeness (QED) is 0.901. The predicted molar refractivity (Wildman–Crippen MR) is 95.9 cm³/mol. The van der Waals surface area contributed by atoms with Crippen LogP contribution in [0.5, 0.6) is 11.5 Å². The first-order chi connectivity index (χ1) is 12.0. The molecule has 25 heavy (non-hydrogen) atoms. The number of amides is 1. The second-order valence-electron chi connectivity index (χ2n) is 7.54. The lowest BCUT2D eigenvalue weighted by atomic mass is 9.97. The molecule has 1 aromatic heterocycles. The molecule has 3 atom stereocenters. The van der Waals surface area contributed by atoms with Crippen LogP contribution in [0.15, 0.2) is 24.4 Å². The van der Waals surface area contributed by atoms with Crippen LogP contribution >= 0.6 is 0 Å². The van der Waals surface area contributed by atoms with Gasteiger partial charge in [-0.2, -0.15) is 0 Å². The van der Waals surface area contributed by atoms with Crippen LogP contribution in [0.3, 0.4) is 0 Å². The largest absolute Gasteiger partial charge is 0.490 e. The average molecular weight is 340 g/mol. The van der Waals surface area contributed by atoms with Crippen molar-refractivity contribution in [1.82, 2.24) is 4.98 Å². The topological polar surface area (TPSA) is 74.4 Å². The lowest BCUT2D eigenvalue weighted by Gasteiger charge is -2.24. The van der Waals surface area contributed by atoms with E-state index in [1.165, 1.54) is 19.3 Å². The maximum Gasteiger partial charge on any atom is 0.252 e. The fourth-order valence-corrected chi connectivity index (χ4v) is 4.29. The molecule has 2 N–H and O–H groups in total. The number of ether oxygens (including phenoxy) is 2. The van der Waals surface area contributed by atoms with Gasteiger partial charge in [0.25, 0.3) is 5.91 Å². The molecular weight excluding hydrogens is 316 g/mol. The Balaban J connectivity index is 1.73. The van der Waals surface area contributed by atoms with Gasteiger partial charge in [-0.25, -0.2) is 0 Å². The summed E-state index contributed by atoms with van der Waals surface area (Å²) < 4.78 is 12.2. The monoisotopic (exact) mass is 340 g/mol. The molecule has 5 heteroatoms. The van der Waals surface area contributed by atoms with Crippen LogP contribution in [0.2, 0.25) is 0 Å². The number of hydrogen-bond donors (Lipinski definition) is 1.